The lowest BCUT2D eigenvalue weighted by Gasteiger charge is -2.35. The van der Waals surface area contributed by atoms with Crippen LogP contribution in [0, 0.1) is 11.7 Å². The largest absolute Gasteiger partial charge is 0.326 e. The lowest BCUT2D eigenvalue weighted by Crippen LogP contribution is -2.49. The average Bonchev–Trinajstić information content (AvgIpc) is 3.53. The number of amides is 3. The molecule has 0 bridgehead atoms. The number of urea groups is 1. The highest BCUT2D eigenvalue weighted by Crippen LogP contribution is 2.31. The molecule has 2 fully saturated rings. The van der Waals surface area contributed by atoms with Crippen LogP contribution in [0.1, 0.15) is 24.8 Å². The Labute approximate surface area is 168 Å². The number of nitrogens with one attached hydrogen (secondary N) is 1. The maximum atomic E-state index is 14.2. The van der Waals surface area contributed by atoms with Gasteiger partial charge in [-0.15, -0.1) is 0 Å². The van der Waals surface area contributed by atoms with Gasteiger partial charge in [-0.1, -0.05) is 23.7 Å². The molecule has 1 aliphatic carbocycles. The van der Waals surface area contributed by atoms with E-state index in [4.69, 9.17) is 11.6 Å². The van der Waals surface area contributed by atoms with E-state index in [1.54, 1.807) is 34.1 Å². The summed E-state index contributed by atoms with van der Waals surface area (Å²) in [4.78, 5) is 28.1. The SMILES string of the molecule is O=C(Nc1ccc(N2CCCN(Cc3cccc(Cl)c3F)C2=O)cc1)C1CC1. The van der Waals surface area contributed by atoms with Gasteiger partial charge < -0.3 is 10.2 Å². The molecule has 1 saturated carbocycles. The molecule has 5 nitrogen and oxygen atoms in total. The van der Waals surface area contributed by atoms with E-state index < -0.39 is 5.82 Å². The first kappa shape index (κ1) is 18.7. The molecule has 2 aromatic rings. The molecule has 1 N–H and O–H groups in total. The summed E-state index contributed by atoms with van der Waals surface area (Å²) in [6.45, 7) is 1.34. The summed E-state index contributed by atoms with van der Waals surface area (Å²) in [6, 6.07) is 11.9. The van der Waals surface area contributed by atoms with Gasteiger partial charge in [0, 0.05) is 35.9 Å². The van der Waals surface area contributed by atoms with Gasteiger partial charge in [-0.05, 0) is 49.6 Å². The van der Waals surface area contributed by atoms with Crippen LogP contribution in [0.3, 0.4) is 0 Å². The lowest BCUT2D eigenvalue weighted by molar-refractivity contribution is -0.117. The zero-order valence-electron chi connectivity index (χ0n) is 15.3. The molecule has 4 rings (SSSR count). The van der Waals surface area contributed by atoms with E-state index >= 15 is 0 Å². The molecule has 3 amide bonds. The van der Waals surface area contributed by atoms with Crippen LogP contribution in [0.4, 0.5) is 20.6 Å². The second-order valence-corrected chi connectivity index (χ2v) is 7.64. The number of halogens is 2. The Morgan fingerprint density at radius 2 is 1.89 bits per heavy atom. The van der Waals surface area contributed by atoms with Crippen LogP contribution in [-0.4, -0.2) is 29.9 Å². The van der Waals surface area contributed by atoms with Gasteiger partial charge in [0.15, 0.2) is 0 Å². The molecular weight excluding hydrogens is 381 g/mol. The fraction of sp³-hybridized carbons (Fsp3) is 0.333. The van der Waals surface area contributed by atoms with Gasteiger partial charge >= 0.3 is 6.03 Å². The van der Waals surface area contributed by atoms with E-state index in [9.17, 15) is 14.0 Å². The molecule has 0 aromatic heterocycles. The van der Waals surface area contributed by atoms with Crippen molar-refractivity contribution < 1.29 is 14.0 Å². The molecule has 0 spiro atoms. The molecule has 0 atom stereocenters. The molecule has 2 aromatic carbocycles. The molecule has 1 heterocycles. The summed E-state index contributed by atoms with van der Waals surface area (Å²) < 4.78 is 14.2. The maximum Gasteiger partial charge on any atom is 0.324 e. The van der Waals surface area contributed by atoms with E-state index in [1.165, 1.54) is 6.07 Å². The third-order valence-electron chi connectivity index (χ3n) is 5.10. The first-order valence-corrected chi connectivity index (χ1v) is 9.81. The third-order valence-corrected chi connectivity index (χ3v) is 5.39. The van der Waals surface area contributed by atoms with Gasteiger partial charge in [0.2, 0.25) is 5.91 Å². The molecule has 7 heteroatoms. The van der Waals surface area contributed by atoms with Crippen LogP contribution in [0.25, 0.3) is 0 Å². The Kier molecular flexibility index (Phi) is 5.22. The fourth-order valence-corrected chi connectivity index (χ4v) is 3.55. The van der Waals surface area contributed by atoms with Gasteiger partial charge in [-0.3, -0.25) is 9.69 Å². The van der Waals surface area contributed by atoms with Crippen molar-refractivity contribution in [2.75, 3.05) is 23.3 Å². The monoisotopic (exact) mass is 401 g/mol. The van der Waals surface area contributed by atoms with Crippen molar-refractivity contribution in [1.29, 1.82) is 0 Å². The number of anilines is 2. The Balaban J connectivity index is 1.45. The van der Waals surface area contributed by atoms with Crippen LogP contribution in [0.5, 0.6) is 0 Å². The molecule has 2 aliphatic rings. The molecule has 1 aliphatic heterocycles. The highest BCUT2D eigenvalue weighted by Gasteiger charge is 2.30. The van der Waals surface area contributed by atoms with E-state index in [2.05, 4.69) is 5.32 Å². The summed E-state index contributed by atoms with van der Waals surface area (Å²) in [5.74, 6) is -0.287. The number of nitrogens with zero attached hydrogens (tertiary/aromatic N) is 2. The number of carbonyl (C=O) groups is 2. The first-order chi connectivity index (χ1) is 13.5. The summed E-state index contributed by atoms with van der Waals surface area (Å²) in [6.07, 6.45) is 2.69. The highest BCUT2D eigenvalue weighted by molar-refractivity contribution is 6.30. The van der Waals surface area contributed by atoms with Crippen molar-refractivity contribution >= 4 is 34.9 Å². The van der Waals surface area contributed by atoms with Crippen LogP contribution < -0.4 is 10.2 Å². The second kappa shape index (κ2) is 7.80. The minimum Gasteiger partial charge on any atom is -0.326 e. The van der Waals surface area contributed by atoms with Crippen molar-refractivity contribution in [2.24, 2.45) is 5.92 Å². The van der Waals surface area contributed by atoms with Crippen LogP contribution in [-0.2, 0) is 11.3 Å². The normalized spacial score (nSPS) is 17.0. The number of hydrogen-bond acceptors (Lipinski definition) is 2. The Hall–Kier alpha value is -2.60. The van der Waals surface area contributed by atoms with Gasteiger partial charge in [-0.2, -0.15) is 0 Å². The third kappa shape index (κ3) is 3.97. The average molecular weight is 402 g/mol. The van der Waals surface area contributed by atoms with E-state index in [0.717, 1.165) is 30.6 Å². The van der Waals surface area contributed by atoms with Gasteiger partial charge in [0.1, 0.15) is 5.82 Å². The predicted molar refractivity (Wildman–Crippen MR) is 107 cm³/mol. The van der Waals surface area contributed by atoms with Crippen molar-refractivity contribution in [2.45, 2.75) is 25.8 Å². The lowest BCUT2D eigenvalue weighted by atomic mass is 10.1. The van der Waals surface area contributed by atoms with Crippen LogP contribution in [0.15, 0.2) is 42.5 Å². The van der Waals surface area contributed by atoms with Gasteiger partial charge in [0.05, 0.1) is 11.6 Å². The van der Waals surface area contributed by atoms with Crippen LogP contribution >= 0.6 is 11.6 Å². The zero-order chi connectivity index (χ0) is 19.7. The van der Waals surface area contributed by atoms with Gasteiger partial charge in [0.25, 0.3) is 0 Å². The minimum absolute atomic E-state index is 0.0523. The highest BCUT2D eigenvalue weighted by atomic mass is 35.5. The molecule has 0 unspecified atom stereocenters. The smallest absolute Gasteiger partial charge is 0.324 e. The molecule has 146 valence electrons. The van der Waals surface area contributed by atoms with Crippen molar-refractivity contribution in [1.82, 2.24) is 4.90 Å². The van der Waals surface area contributed by atoms with Crippen molar-refractivity contribution in [3.8, 4) is 0 Å². The Morgan fingerprint density at radius 1 is 1.14 bits per heavy atom. The standard InChI is InChI=1S/C21H21ClFN3O2/c22-18-4-1-3-15(19(18)23)13-25-11-2-12-26(21(25)28)17-9-7-16(8-10-17)24-20(27)14-5-6-14/h1,3-4,7-10,14H,2,5-6,11-13H2,(H,24,27). The number of benzene rings is 2. The van der Waals surface area contributed by atoms with E-state index in [1.807, 2.05) is 12.1 Å². The molecule has 28 heavy (non-hydrogen) atoms. The van der Waals surface area contributed by atoms with Crippen molar-refractivity contribution in [3.63, 3.8) is 0 Å². The van der Waals surface area contributed by atoms with Gasteiger partial charge in [-0.25, -0.2) is 9.18 Å². The number of rotatable bonds is 5. The number of hydrogen-bond donors (Lipinski definition) is 1. The van der Waals surface area contributed by atoms with E-state index in [-0.39, 0.29) is 29.4 Å². The fourth-order valence-electron chi connectivity index (χ4n) is 3.36. The first-order valence-electron chi connectivity index (χ1n) is 9.43. The Bertz CT molecular complexity index is 899. The summed E-state index contributed by atoms with van der Waals surface area (Å²) in [7, 11) is 0. The number of carbonyl (C=O) groups excluding carboxylic acids is 2. The minimum atomic E-state index is -0.482. The molecule has 1 saturated heterocycles. The topological polar surface area (TPSA) is 52.7 Å². The predicted octanol–water partition coefficient (Wildman–Crippen LogP) is 4.66. The molecular formula is C21H21ClFN3O2. The quantitative estimate of drug-likeness (QED) is 0.792. The second-order valence-electron chi connectivity index (χ2n) is 7.23. The zero-order valence-corrected chi connectivity index (χ0v) is 16.1. The Morgan fingerprint density at radius 3 is 2.61 bits per heavy atom. The maximum absolute atomic E-state index is 14.2. The van der Waals surface area contributed by atoms with E-state index in [0.29, 0.717) is 18.7 Å². The van der Waals surface area contributed by atoms with Crippen LogP contribution in [0.2, 0.25) is 5.02 Å². The summed E-state index contributed by atoms with van der Waals surface area (Å²) in [5.41, 5.74) is 1.88. The molecule has 0 radical (unpaired) electrons. The van der Waals surface area contributed by atoms with Crippen molar-refractivity contribution in [3.05, 3.63) is 58.9 Å². The summed E-state index contributed by atoms with van der Waals surface area (Å²) >= 11 is 5.85. The summed E-state index contributed by atoms with van der Waals surface area (Å²) in [5, 5.41) is 2.95.